The molecular weight excluding hydrogens is 552 g/mol. The average molecular weight is 591 g/mol. The summed E-state index contributed by atoms with van der Waals surface area (Å²) in [7, 11) is 0. The monoisotopic (exact) mass is 590 g/mol. The Morgan fingerprint density at radius 2 is 0.977 bits per heavy atom. The molecule has 1 heterocycles. The van der Waals surface area contributed by atoms with Crippen molar-refractivity contribution >= 4 is 17.8 Å². The normalized spacial score (nSPS) is 17.1. The van der Waals surface area contributed by atoms with Crippen LogP contribution in [0.4, 0.5) is 4.79 Å². The van der Waals surface area contributed by atoms with E-state index in [9.17, 15) is 19.5 Å². The van der Waals surface area contributed by atoms with Crippen LogP contribution in [0.2, 0.25) is 0 Å². The van der Waals surface area contributed by atoms with Gasteiger partial charge in [-0.25, -0.2) is 4.79 Å². The zero-order valence-corrected chi connectivity index (χ0v) is 24.6. The molecule has 226 valence electrons. The summed E-state index contributed by atoms with van der Waals surface area (Å²) in [5, 5.41) is 12.1. The molecule has 0 aliphatic carbocycles. The molecule has 0 unspecified atom stereocenters. The quantitative estimate of drug-likeness (QED) is 0.221. The molecule has 1 aliphatic heterocycles. The van der Waals surface area contributed by atoms with E-state index in [1.807, 2.05) is 72.8 Å². The van der Waals surface area contributed by atoms with Crippen molar-refractivity contribution in [3.63, 3.8) is 0 Å². The van der Waals surface area contributed by atoms with Crippen molar-refractivity contribution in [3.8, 4) is 0 Å². The van der Waals surface area contributed by atoms with E-state index in [1.54, 1.807) is 46.2 Å². The van der Waals surface area contributed by atoms with Crippen LogP contribution >= 0.6 is 0 Å². The summed E-state index contributed by atoms with van der Waals surface area (Å²) >= 11 is 0. The average Bonchev–Trinajstić information content (AvgIpc) is 3.04. The fourth-order valence-electron chi connectivity index (χ4n) is 6.05. The van der Waals surface area contributed by atoms with Gasteiger partial charge in [-0.05, 0) is 72.2 Å². The third-order valence-electron chi connectivity index (χ3n) is 8.35. The van der Waals surface area contributed by atoms with Crippen molar-refractivity contribution < 1.29 is 19.5 Å². The maximum atomic E-state index is 14.5. The summed E-state index contributed by atoms with van der Waals surface area (Å²) in [4.78, 5) is 41.8. The van der Waals surface area contributed by atoms with Gasteiger partial charge in [-0.15, -0.1) is 0 Å². The van der Waals surface area contributed by atoms with Crippen LogP contribution in [0.15, 0.2) is 109 Å². The van der Waals surface area contributed by atoms with E-state index >= 15 is 0 Å². The molecule has 0 spiro atoms. The van der Waals surface area contributed by atoms with Gasteiger partial charge in [-0.2, -0.15) is 0 Å². The largest absolute Gasteiger partial charge is 0.389 e. The van der Waals surface area contributed by atoms with E-state index in [4.69, 9.17) is 11.5 Å². The molecule has 1 fully saturated rings. The molecule has 0 saturated carbocycles. The highest BCUT2D eigenvalue weighted by atomic mass is 16.3. The van der Waals surface area contributed by atoms with E-state index in [1.165, 1.54) is 0 Å². The van der Waals surface area contributed by atoms with Crippen LogP contribution in [-0.4, -0.2) is 50.9 Å². The number of rotatable bonds is 12. The lowest BCUT2D eigenvalue weighted by Crippen LogP contribution is -2.65. The molecule has 4 amide bonds. The number of aryl methyl sites for hydroxylation is 2. The lowest BCUT2D eigenvalue weighted by molar-refractivity contribution is -0.0478. The minimum Gasteiger partial charge on any atom is -0.389 e. The smallest absolute Gasteiger partial charge is 0.321 e. The number of hydrogen-bond acceptors (Lipinski definition) is 4. The van der Waals surface area contributed by atoms with Crippen molar-refractivity contribution in [3.05, 3.63) is 143 Å². The van der Waals surface area contributed by atoms with Crippen molar-refractivity contribution in [2.45, 2.75) is 57.0 Å². The van der Waals surface area contributed by atoms with Gasteiger partial charge in [0.15, 0.2) is 0 Å². The standard InChI is InChI=1S/C36H38N4O4/c37-34(42)29-15-7-13-27(21-29)23-39-31(19-17-25-9-3-1-4-10-25)33(41)32(20-18-26-11-5-2-6-12-26)40(36(39)44)24-28-14-8-16-30(22-28)35(38)43/h1-16,21-22,31-33,41H,17-20,23-24H2,(H2,37,42)(H2,38,43)/t31-,32-/m1/s1. The number of aliphatic hydroxyl groups excluding tert-OH is 1. The Morgan fingerprint density at radius 1 is 0.591 bits per heavy atom. The first-order valence-corrected chi connectivity index (χ1v) is 14.9. The summed E-state index contributed by atoms with van der Waals surface area (Å²) in [6.45, 7) is 0.388. The summed E-state index contributed by atoms with van der Waals surface area (Å²) in [5.74, 6) is -1.09. The minimum absolute atomic E-state index is 0.194. The Hall–Kier alpha value is -4.95. The van der Waals surface area contributed by atoms with Crippen LogP contribution in [0, 0.1) is 0 Å². The fourth-order valence-corrected chi connectivity index (χ4v) is 6.05. The molecule has 4 aromatic carbocycles. The van der Waals surface area contributed by atoms with Crippen LogP contribution in [0.5, 0.6) is 0 Å². The van der Waals surface area contributed by atoms with Gasteiger partial charge in [-0.1, -0.05) is 84.9 Å². The Labute approximate surface area is 257 Å². The Bertz CT molecular complexity index is 1480. The number of benzene rings is 4. The summed E-state index contributed by atoms with van der Waals surface area (Å²) in [5.41, 5.74) is 15.5. The van der Waals surface area contributed by atoms with Gasteiger partial charge in [0.2, 0.25) is 11.8 Å². The van der Waals surface area contributed by atoms with Crippen molar-refractivity contribution in [2.75, 3.05) is 0 Å². The van der Waals surface area contributed by atoms with Crippen LogP contribution in [0.1, 0.15) is 55.8 Å². The number of nitrogens with zero attached hydrogens (tertiary/aromatic N) is 2. The molecule has 5 rings (SSSR count). The van der Waals surface area contributed by atoms with Gasteiger partial charge >= 0.3 is 6.03 Å². The van der Waals surface area contributed by atoms with Crippen molar-refractivity contribution in [2.24, 2.45) is 11.5 Å². The number of hydrogen-bond donors (Lipinski definition) is 3. The number of amides is 4. The highest BCUT2D eigenvalue weighted by Crippen LogP contribution is 2.31. The molecule has 44 heavy (non-hydrogen) atoms. The van der Waals surface area contributed by atoms with Gasteiger partial charge in [0.25, 0.3) is 0 Å². The zero-order valence-electron chi connectivity index (χ0n) is 24.6. The Morgan fingerprint density at radius 3 is 1.36 bits per heavy atom. The van der Waals surface area contributed by atoms with Gasteiger partial charge in [-0.3, -0.25) is 9.59 Å². The molecule has 4 aromatic rings. The predicted molar refractivity (Wildman–Crippen MR) is 170 cm³/mol. The third kappa shape index (κ3) is 7.33. The van der Waals surface area contributed by atoms with Gasteiger partial charge < -0.3 is 26.4 Å². The van der Waals surface area contributed by atoms with Crippen LogP contribution in [0.25, 0.3) is 0 Å². The summed E-state index contributed by atoms with van der Waals surface area (Å²) in [6.07, 6.45) is 1.61. The van der Waals surface area contributed by atoms with Crippen LogP contribution in [-0.2, 0) is 25.9 Å². The second kappa shape index (κ2) is 14.0. The van der Waals surface area contributed by atoms with Gasteiger partial charge in [0.1, 0.15) is 0 Å². The lowest BCUT2D eigenvalue weighted by atomic mass is 9.88. The van der Waals surface area contributed by atoms with Gasteiger partial charge in [0.05, 0.1) is 18.2 Å². The molecule has 0 aromatic heterocycles. The summed E-state index contributed by atoms with van der Waals surface area (Å²) in [6, 6.07) is 32.7. The van der Waals surface area contributed by atoms with Crippen molar-refractivity contribution in [1.29, 1.82) is 0 Å². The molecule has 1 aliphatic rings. The van der Waals surface area contributed by atoms with E-state index in [0.717, 1.165) is 22.3 Å². The molecule has 8 heteroatoms. The first-order chi connectivity index (χ1) is 21.3. The minimum atomic E-state index is -0.862. The van der Waals surface area contributed by atoms with E-state index in [2.05, 4.69) is 0 Å². The second-order valence-corrected chi connectivity index (χ2v) is 11.3. The number of carbonyl (C=O) groups excluding carboxylic acids is 3. The molecule has 8 nitrogen and oxygen atoms in total. The van der Waals surface area contributed by atoms with Gasteiger partial charge in [0, 0.05) is 24.2 Å². The zero-order chi connectivity index (χ0) is 31.1. The summed E-state index contributed by atoms with van der Waals surface area (Å²) < 4.78 is 0. The first kappa shape index (κ1) is 30.5. The maximum absolute atomic E-state index is 14.5. The highest BCUT2D eigenvalue weighted by molar-refractivity contribution is 5.93. The molecular formula is C36H38N4O4. The molecule has 0 radical (unpaired) electrons. The van der Waals surface area contributed by atoms with E-state index in [0.29, 0.717) is 36.8 Å². The molecule has 0 bridgehead atoms. The van der Waals surface area contributed by atoms with Crippen LogP contribution < -0.4 is 11.5 Å². The number of urea groups is 1. The molecule has 5 N–H and O–H groups in total. The molecule has 2 atom stereocenters. The lowest BCUT2D eigenvalue weighted by Gasteiger charge is -2.49. The fraction of sp³-hybridized carbons (Fsp3) is 0.250. The SMILES string of the molecule is NC(=O)c1cccc(CN2C(=O)N(Cc3cccc(C(N)=O)c3)[C@H](CCc3ccccc3)C(O)[C@H]2CCc2ccccc2)c1. The highest BCUT2D eigenvalue weighted by Gasteiger charge is 2.45. The number of primary amides is 2. The molecule has 1 saturated heterocycles. The second-order valence-electron chi connectivity index (χ2n) is 11.3. The topological polar surface area (TPSA) is 130 Å². The van der Waals surface area contributed by atoms with Crippen molar-refractivity contribution in [1.82, 2.24) is 9.80 Å². The van der Waals surface area contributed by atoms with E-state index < -0.39 is 30.0 Å². The number of nitrogens with two attached hydrogens (primary N) is 2. The number of carbonyl (C=O) groups is 3. The van der Waals surface area contributed by atoms with E-state index in [-0.39, 0.29) is 19.1 Å². The maximum Gasteiger partial charge on any atom is 0.321 e. The van der Waals surface area contributed by atoms with Crippen LogP contribution in [0.3, 0.4) is 0 Å². The predicted octanol–water partition coefficient (Wildman–Crippen LogP) is 4.69. The number of aliphatic hydroxyl groups is 1. The first-order valence-electron chi connectivity index (χ1n) is 14.9. The Kier molecular flexibility index (Phi) is 9.72. The third-order valence-corrected chi connectivity index (χ3v) is 8.35. The Balaban J connectivity index is 1.50.